The summed E-state index contributed by atoms with van der Waals surface area (Å²) in [6.45, 7) is 3.79. The summed E-state index contributed by atoms with van der Waals surface area (Å²) < 4.78 is 12.0. The molecular weight excluding hydrogens is 284 g/mol. The van der Waals surface area contributed by atoms with Gasteiger partial charge in [-0.15, -0.1) is 0 Å². The Balaban J connectivity index is 1.83. The molecule has 2 aromatic rings. The van der Waals surface area contributed by atoms with Gasteiger partial charge < -0.3 is 14.1 Å². The predicted octanol–water partition coefficient (Wildman–Crippen LogP) is 1.62. The molecule has 1 saturated heterocycles. The molecule has 1 aliphatic heterocycles. The quantitative estimate of drug-likeness (QED) is 0.861. The molecule has 118 valence electrons. The van der Waals surface area contributed by atoms with Crippen LogP contribution >= 0.6 is 0 Å². The smallest absolute Gasteiger partial charge is 0.408 e. The highest BCUT2D eigenvalue weighted by Crippen LogP contribution is 2.15. The largest absolute Gasteiger partial charge is 0.420 e. The fourth-order valence-corrected chi connectivity index (χ4v) is 2.95. The highest BCUT2D eigenvalue weighted by atomic mass is 16.5. The van der Waals surface area contributed by atoms with Gasteiger partial charge in [-0.3, -0.25) is 9.36 Å². The number of hydrogen-bond acceptors (Lipinski definition) is 4. The van der Waals surface area contributed by atoms with Crippen molar-refractivity contribution in [3.63, 3.8) is 0 Å². The Hall–Kier alpha value is -2.08. The van der Waals surface area contributed by atoms with E-state index in [0.29, 0.717) is 30.9 Å². The van der Waals surface area contributed by atoms with Gasteiger partial charge in [-0.2, -0.15) is 0 Å². The van der Waals surface area contributed by atoms with Crippen molar-refractivity contribution in [1.82, 2.24) is 9.47 Å². The Labute approximate surface area is 128 Å². The van der Waals surface area contributed by atoms with Crippen molar-refractivity contribution < 1.29 is 13.9 Å². The number of oxazole rings is 1. The molecule has 6 heteroatoms. The fourth-order valence-electron chi connectivity index (χ4n) is 2.95. The maximum atomic E-state index is 12.6. The molecule has 22 heavy (non-hydrogen) atoms. The van der Waals surface area contributed by atoms with E-state index < -0.39 is 5.76 Å². The lowest BCUT2D eigenvalue weighted by atomic mass is 10.1. The Kier molecular flexibility index (Phi) is 4.29. The second-order valence-electron chi connectivity index (χ2n) is 5.53. The first kappa shape index (κ1) is 14.8. The van der Waals surface area contributed by atoms with Gasteiger partial charge >= 0.3 is 5.76 Å². The molecular formula is C16H20N2O4. The minimum Gasteiger partial charge on any atom is -0.408 e. The SMILES string of the molecule is CCC[C@@H]1COCCN1C(=O)Cn1c(=O)oc2ccccc21. The average Bonchev–Trinajstić information content (AvgIpc) is 2.84. The molecule has 1 amide bonds. The summed E-state index contributed by atoms with van der Waals surface area (Å²) in [4.78, 5) is 26.4. The number of para-hydroxylation sites is 2. The Morgan fingerprint density at radius 2 is 2.18 bits per heavy atom. The normalized spacial score (nSPS) is 18.8. The molecule has 0 saturated carbocycles. The Bertz CT molecular complexity index is 716. The lowest BCUT2D eigenvalue weighted by molar-refractivity contribution is -0.140. The van der Waals surface area contributed by atoms with E-state index in [2.05, 4.69) is 6.92 Å². The van der Waals surface area contributed by atoms with Crippen molar-refractivity contribution >= 4 is 17.0 Å². The molecule has 0 unspecified atom stereocenters. The summed E-state index contributed by atoms with van der Waals surface area (Å²) in [5, 5.41) is 0. The first-order chi connectivity index (χ1) is 10.7. The lowest BCUT2D eigenvalue weighted by Crippen LogP contribution is -2.50. The molecule has 3 rings (SSSR count). The number of nitrogens with zero attached hydrogens (tertiary/aromatic N) is 2. The minimum absolute atomic E-state index is 0.00998. The number of benzene rings is 1. The molecule has 0 spiro atoms. The van der Waals surface area contributed by atoms with E-state index >= 15 is 0 Å². The van der Waals surface area contributed by atoms with Crippen LogP contribution in [0.4, 0.5) is 0 Å². The zero-order chi connectivity index (χ0) is 15.5. The van der Waals surface area contributed by atoms with Crippen molar-refractivity contribution in [2.45, 2.75) is 32.4 Å². The second-order valence-corrected chi connectivity index (χ2v) is 5.53. The van der Waals surface area contributed by atoms with E-state index in [-0.39, 0.29) is 18.5 Å². The van der Waals surface area contributed by atoms with Crippen molar-refractivity contribution in [3.05, 3.63) is 34.8 Å². The van der Waals surface area contributed by atoms with Gasteiger partial charge in [0.2, 0.25) is 5.91 Å². The number of carbonyl (C=O) groups is 1. The van der Waals surface area contributed by atoms with E-state index in [9.17, 15) is 9.59 Å². The third-order valence-corrected chi connectivity index (χ3v) is 4.04. The summed E-state index contributed by atoms with van der Waals surface area (Å²) in [5.41, 5.74) is 1.16. The maximum Gasteiger partial charge on any atom is 0.420 e. The molecule has 1 fully saturated rings. The molecule has 1 aliphatic rings. The molecule has 0 aliphatic carbocycles. The molecule has 0 bridgehead atoms. The van der Waals surface area contributed by atoms with Gasteiger partial charge in [-0.05, 0) is 18.6 Å². The zero-order valence-corrected chi connectivity index (χ0v) is 12.7. The van der Waals surface area contributed by atoms with E-state index in [1.54, 1.807) is 18.2 Å². The third-order valence-electron chi connectivity index (χ3n) is 4.04. The predicted molar refractivity (Wildman–Crippen MR) is 81.7 cm³/mol. The molecule has 2 heterocycles. The van der Waals surface area contributed by atoms with Gasteiger partial charge in [0, 0.05) is 6.54 Å². The summed E-state index contributed by atoms with van der Waals surface area (Å²) in [5.74, 6) is -0.551. The first-order valence-corrected chi connectivity index (χ1v) is 7.66. The molecule has 0 radical (unpaired) electrons. The zero-order valence-electron chi connectivity index (χ0n) is 12.7. The van der Waals surface area contributed by atoms with Crippen LogP contribution in [0.15, 0.2) is 33.5 Å². The van der Waals surface area contributed by atoms with Crippen LogP contribution in [0, 0.1) is 0 Å². The summed E-state index contributed by atoms with van der Waals surface area (Å²) >= 11 is 0. The number of fused-ring (bicyclic) bond motifs is 1. The van der Waals surface area contributed by atoms with Gasteiger partial charge in [0.1, 0.15) is 6.54 Å². The second kappa shape index (κ2) is 6.36. The summed E-state index contributed by atoms with van der Waals surface area (Å²) in [7, 11) is 0. The van der Waals surface area contributed by atoms with Crippen LogP contribution in [0.25, 0.3) is 11.1 Å². The van der Waals surface area contributed by atoms with Crippen molar-refractivity contribution in [2.24, 2.45) is 0 Å². The molecule has 1 atom stereocenters. The van der Waals surface area contributed by atoms with E-state index in [1.807, 2.05) is 11.0 Å². The van der Waals surface area contributed by atoms with Gasteiger partial charge in [0.25, 0.3) is 0 Å². The summed E-state index contributed by atoms with van der Waals surface area (Å²) in [6, 6.07) is 7.24. The number of rotatable bonds is 4. The Morgan fingerprint density at radius 3 is 3.00 bits per heavy atom. The molecule has 0 N–H and O–H groups in total. The van der Waals surface area contributed by atoms with Crippen LogP contribution in [0.3, 0.4) is 0 Å². The molecule has 1 aromatic carbocycles. The van der Waals surface area contributed by atoms with Crippen LogP contribution in [-0.2, 0) is 16.1 Å². The van der Waals surface area contributed by atoms with Gasteiger partial charge in [-0.25, -0.2) is 4.79 Å². The van der Waals surface area contributed by atoms with Crippen molar-refractivity contribution in [1.29, 1.82) is 0 Å². The number of hydrogen-bond donors (Lipinski definition) is 0. The van der Waals surface area contributed by atoms with E-state index in [4.69, 9.17) is 9.15 Å². The minimum atomic E-state index is -0.491. The third kappa shape index (κ3) is 2.78. The van der Waals surface area contributed by atoms with Crippen LogP contribution in [-0.4, -0.2) is 41.2 Å². The first-order valence-electron chi connectivity index (χ1n) is 7.66. The van der Waals surface area contributed by atoms with Crippen LogP contribution < -0.4 is 5.76 Å². The van der Waals surface area contributed by atoms with Gasteiger partial charge in [-0.1, -0.05) is 25.5 Å². The highest BCUT2D eigenvalue weighted by molar-refractivity contribution is 5.80. The van der Waals surface area contributed by atoms with Crippen LogP contribution in [0.5, 0.6) is 0 Å². The fraction of sp³-hybridized carbons (Fsp3) is 0.500. The van der Waals surface area contributed by atoms with Crippen molar-refractivity contribution in [3.8, 4) is 0 Å². The molecule has 1 aromatic heterocycles. The Morgan fingerprint density at radius 1 is 1.36 bits per heavy atom. The molecule has 6 nitrogen and oxygen atoms in total. The van der Waals surface area contributed by atoms with Crippen LogP contribution in [0.2, 0.25) is 0 Å². The van der Waals surface area contributed by atoms with E-state index in [0.717, 1.165) is 12.8 Å². The number of carbonyl (C=O) groups excluding carboxylic acids is 1. The monoisotopic (exact) mass is 304 g/mol. The van der Waals surface area contributed by atoms with Gasteiger partial charge in [0.05, 0.1) is 24.8 Å². The number of ether oxygens (including phenoxy) is 1. The number of morpholine rings is 1. The number of amides is 1. The van der Waals surface area contributed by atoms with E-state index in [1.165, 1.54) is 4.57 Å². The maximum absolute atomic E-state index is 12.6. The average molecular weight is 304 g/mol. The topological polar surface area (TPSA) is 64.7 Å². The van der Waals surface area contributed by atoms with Crippen molar-refractivity contribution in [2.75, 3.05) is 19.8 Å². The van der Waals surface area contributed by atoms with Gasteiger partial charge in [0.15, 0.2) is 5.58 Å². The standard InChI is InChI=1S/C16H20N2O4/c1-2-5-12-11-21-9-8-17(12)15(19)10-18-13-6-3-4-7-14(13)22-16(18)20/h3-4,6-7,12H,2,5,8-11H2,1H3/t12-/m1/s1. The number of aromatic nitrogens is 1. The summed E-state index contributed by atoms with van der Waals surface area (Å²) in [6.07, 6.45) is 1.90. The highest BCUT2D eigenvalue weighted by Gasteiger charge is 2.27. The lowest BCUT2D eigenvalue weighted by Gasteiger charge is -2.35. The van der Waals surface area contributed by atoms with Crippen LogP contribution in [0.1, 0.15) is 19.8 Å².